The smallest absolute Gasteiger partial charge is 0.0701 e. The summed E-state index contributed by atoms with van der Waals surface area (Å²) in [4.78, 5) is 4.51. The Hall–Kier alpha value is -5.41. The van der Waals surface area contributed by atoms with Crippen LogP contribution in [0.4, 0.5) is 0 Å². The van der Waals surface area contributed by atoms with Crippen molar-refractivity contribution in [2.75, 3.05) is 6.54 Å². The SMILES string of the molecule is C1=CCNC(c2ccc3c(ccc4c5ccc(-c6ccc(-c7ccccn7)cc6)cc5n(-c5ccccc5)c34)c2)=C1. The Balaban J connectivity index is 1.33. The number of dihydropyridines is 1. The molecule has 0 amide bonds. The molecule has 8 rings (SSSR count). The molecule has 0 unspecified atom stereocenters. The normalized spacial score (nSPS) is 13.0. The number of aromatic nitrogens is 2. The second-order valence-electron chi connectivity index (χ2n) is 10.5. The van der Waals surface area contributed by atoms with Crippen molar-refractivity contribution in [3.05, 3.63) is 151 Å². The predicted octanol–water partition coefficient (Wildman–Crippen LogP) is 9.17. The van der Waals surface area contributed by atoms with Crippen LogP contribution in [-0.2, 0) is 0 Å². The van der Waals surface area contributed by atoms with Crippen molar-refractivity contribution >= 4 is 38.3 Å². The second kappa shape index (κ2) is 9.65. The van der Waals surface area contributed by atoms with Crippen molar-refractivity contribution in [2.24, 2.45) is 0 Å². The maximum absolute atomic E-state index is 4.51. The number of fused-ring (bicyclic) bond motifs is 5. The van der Waals surface area contributed by atoms with Crippen LogP contribution >= 0.6 is 0 Å². The van der Waals surface area contributed by atoms with Crippen molar-refractivity contribution in [2.45, 2.75) is 0 Å². The van der Waals surface area contributed by atoms with Gasteiger partial charge in [0.15, 0.2) is 0 Å². The first-order valence-corrected chi connectivity index (χ1v) is 14.0. The number of nitrogens with zero attached hydrogens (tertiary/aromatic N) is 2. The van der Waals surface area contributed by atoms with E-state index in [1.807, 2.05) is 24.4 Å². The average molecular weight is 526 g/mol. The Kier molecular flexibility index (Phi) is 5.53. The molecule has 41 heavy (non-hydrogen) atoms. The van der Waals surface area contributed by atoms with E-state index in [-0.39, 0.29) is 0 Å². The van der Waals surface area contributed by atoms with Crippen molar-refractivity contribution in [3.8, 4) is 28.1 Å². The summed E-state index contributed by atoms with van der Waals surface area (Å²) in [5.41, 5.74) is 10.5. The van der Waals surface area contributed by atoms with Gasteiger partial charge in [0.25, 0.3) is 0 Å². The summed E-state index contributed by atoms with van der Waals surface area (Å²) in [5, 5.41) is 8.50. The Bertz CT molecular complexity index is 2120. The largest absolute Gasteiger partial charge is 0.381 e. The zero-order chi connectivity index (χ0) is 27.2. The van der Waals surface area contributed by atoms with E-state index in [9.17, 15) is 0 Å². The lowest BCUT2D eigenvalue weighted by Gasteiger charge is -2.14. The summed E-state index contributed by atoms with van der Waals surface area (Å²) in [6.07, 6.45) is 8.24. The lowest BCUT2D eigenvalue weighted by Crippen LogP contribution is -2.14. The third kappa shape index (κ3) is 4.02. The number of allylic oxidation sites excluding steroid dienone is 2. The Labute approximate surface area is 238 Å². The summed E-state index contributed by atoms with van der Waals surface area (Å²) >= 11 is 0. The lowest BCUT2D eigenvalue weighted by atomic mass is 9.99. The predicted molar refractivity (Wildman–Crippen MR) is 172 cm³/mol. The molecular weight excluding hydrogens is 498 g/mol. The number of benzene rings is 5. The molecule has 1 N–H and O–H groups in total. The quantitative estimate of drug-likeness (QED) is 0.248. The fourth-order valence-corrected chi connectivity index (χ4v) is 6.05. The maximum Gasteiger partial charge on any atom is 0.0701 e. The van der Waals surface area contributed by atoms with Crippen LogP contribution in [-0.4, -0.2) is 16.1 Å². The molecule has 5 aromatic carbocycles. The van der Waals surface area contributed by atoms with Crippen LogP contribution in [0.1, 0.15) is 5.56 Å². The third-order valence-electron chi connectivity index (χ3n) is 8.06. The van der Waals surface area contributed by atoms with Crippen molar-refractivity contribution in [1.29, 1.82) is 0 Å². The van der Waals surface area contributed by atoms with Gasteiger partial charge in [0.05, 0.1) is 16.7 Å². The minimum absolute atomic E-state index is 0.860. The molecular formula is C38H27N3. The zero-order valence-corrected chi connectivity index (χ0v) is 22.5. The highest BCUT2D eigenvalue weighted by Crippen LogP contribution is 2.39. The molecule has 3 heteroatoms. The van der Waals surface area contributed by atoms with Crippen molar-refractivity contribution < 1.29 is 0 Å². The lowest BCUT2D eigenvalue weighted by molar-refractivity contribution is 0.996. The summed E-state index contributed by atoms with van der Waals surface area (Å²) in [5.74, 6) is 0. The molecule has 3 heterocycles. The first kappa shape index (κ1) is 23.5. The molecule has 0 aliphatic carbocycles. The summed E-state index contributed by atoms with van der Waals surface area (Å²) in [7, 11) is 0. The minimum atomic E-state index is 0.860. The molecule has 194 valence electrons. The second-order valence-corrected chi connectivity index (χ2v) is 10.5. The molecule has 1 aliphatic heterocycles. The highest BCUT2D eigenvalue weighted by Gasteiger charge is 2.17. The van der Waals surface area contributed by atoms with Gasteiger partial charge >= 0.3 is 0 Å². The van der Waals surface area contributed by atoms with Crippen LogP contribution in [0.15, 0.2) is 146 Å². The summed E-state index contributed by atoms with van der Waals surface area (Å²) < 4.78 is 2.43. The van der Waals surface area contributed by atoms with E-state index in [1.54, 1.807) is 0 Å². The van der Waals surface area contributed by atoms with E-state index in [0.717, 1.165) is 29.2 Å². The topological polar surface area (TPSA) is 29.9 Å². The van der Waals surface area contributed by atoms with Gasteiger partial charge in [0.2, 0.25) is 0 Å². The summed E-state index contributed by atoms with van der Waals surface area (Å²) in [6, 6.07) is 43.7. The highest BCUT2D eigenvalue weighted by atomic mass is 15.0. The van der Waals surface area contributed by atoms with Crippen LogP contribution in [0.2, 0.25) is 0 Å². The van der Waals surface area contributed by atoms with Crippen LogP contribution in [0.3, 0.4) is 0 Å². The van der Waals surface area contributed by atoms with Gasteiger partial charge in [-0.3, -0.25) is 4.98 Å². The van der Waals surface area contributed by atoms with Gasteiger partial charge in [0.1, 0.15) is 0 Å². The molecule has 0 atom stereocenters. The van der Waals surface area contributed by atoms with Crippen LogP contribution < -0.4 is 5.32 Å². The van der Waals surface area contributed by atoms with E-state index in [4.69, 9.17) is 0 Å². The molecule has 0 radical (unpaired) electrons. The van der Waals surface area contributed by atoms with Gasteiger partial charge in [-0.25, -0.2) is 0 Å². The highest BCUT2D eigenvalue weighted by molar-refractivity contribution is 6.19. The molecule has 0 bridgehead atoms. The number of nitrogens with one attached hydrogen (secondary N) is 1. The van der Waals surface area contributed by atoms with Gasteiger partial charge in [-0.1, -0.05) is 97.1 Å². The van der Waals surface area contributed by atoms with Gasteiger partial charge in [-0.2, -0.15) is 0 Å². The number of para-hydroxylation sites is 1. The molecule has 3 nitrogen and oxygen atoms in total. The van der Waals surface area contributed by atoms with E-state index in [0.29, 0.717) is 0 Å². The molecule has 0 saturated carbocycles. The Morgan fingerprint density at radius 3 is 2.17 bits per heavy atom. The van der Waals surface area contributed by atoms with E-state index in [1.165, 1.54) is 49.3 Å². The van der Waals surface area contributed by atoms with Crippen LogP contribution in [0.25, 0.3) is 66.3 Å². The van der Waals surface area contributed by atoms with Crippen molar-refractivity contribution in [3.63, 3.8) is 0 Å². The fraction of sp³-hybridized carbons (Fsp3) is 0.0263. The summed E-state index contributed by atoms with van der Waals surface area (Å²) in [6.45, 7) is 0.860. The zero-order valence-electron chi connectivity index (χ0n) is 22.5. The van der Waals surface area contributed by atoms with Gasteiger partial charge in [-0.15, -0.1) is 0 Å². The number of pyridine rings is 1. The minimum Gasteiger partial charge on any atom is -0.381 e. The Morgan fingerprint density at radius 2 is 1.37 bits per heavy atom. The van der Waals surface area contributed by atoms with E-state index in [2.05, 4.69) is 136 Å². The number of rotatable bonds is 4. The fourth-order valence-electron chi connectivity index (χ4n) is 6.05. The maximum atomic E-state index is 4.51. The van der Waals surface area contributed by atoms with Crippen molar-refractivity contribution in [1.82, 2.24) is 14.9 Å². The number of hydrogen-bond donors (Lipinski definition) is 1. The number of hydrogen-bond acceptors (Lipinski definition) is 2. The molecule has 0 spiro atoms. The van der Waals surface area contributed by atoms with Crippen LogP contribution in [0, 0.1) is 0 Å². The molecule has 1 aliphatic rings. The Morgan fingerprint density at radius 1 is 0.610 bits per heavy atom. The standard InChI is InChI=1S/C38H27N3/c1-2-8-31(9-3-1)41-37-25-28(26-12-14-27(15-13-26)35-10-4-6-22-39-35)16-20-33(37)34-21-17-29-24-30(18-19-32(29)38(34)41)36-11-5-7-23-40-36/h1-22,24-25,40H,23H2. The van der Waals surface area contributed by atoms with E-state index < -0.39 is 0 Å². The molecule has 7 aromatic rings. The molecule has 0 saturated heterocycles. The molecule has 0 fully saturated rings. The van der Waals surface area contributed by atoms with Gasteiger partial charge in [0, 0.05) is 45.8 Å². The van der Waals surface area contributed by atoms with Gasteiger partial charge < -0.3 is 9.88 Å². The average Bonchev–Trinajstić information content (AvgIpc) is 3.40. The van der Waals surface area contributed by atoms with Crippen LogP contribution in [0.5, 0.6) is 0 Å². The first-order chi connectivity index (χ1) is 20.3. The molecule has 2 aromatic heterocycles. The monoisotopic (exact) mass is 525 g/mol. The van der Waals surface area contributed by atoms with E-state index >= 15 is 0 Å². The first-order valence-electron chi connectivity index (χ1n) is 14.0. The van der Waals surface area contributed by atoms with Gasteiger partial charge in [-0.05, 0) is 64.6 Å². The third-order valence-corrected chi connectivity index (χ3v) is 8.06.